The molecule has 0 spiro atoms. The molecular weight excluding hydrogens is 348 g/mol. The summed E-state index contributed by atoms with van der Waals surface area (Å²) in [7, 11) is 1.74. The average molecular weight is 370 g/mol. The van der Waals surface area contributed by atoms with E-state index in [0.717, 1.165) is 12.8 Å². The monoisotopic (exact) mass is 370 g/mol. The van der Waals surface area contributed by atoms with Gasteiger partial charge in [-0.25, -0.2) is 4.68 Å². The maximum Gasteiger partial charge on any atom is 0.233 e. The molecule has 4 rings (SSSR count). The molecule has 0 saturated carbocycles. The minimum Gasteiger partial charge on any atom is -0.473 e. The van der Waals surface area contributed by atoms with Gasteiger partial charge in [0.05, 0.1) is 5.92 Å². The Labute approximate surface area is 156 Å². The highest BCUT2D eigenvalue weighted by Crippen LogP contribution is 2.23. The Morgan fingerprint density at radius 3 is 2.63 bits per heavy atom. The predicted molar refractivity (Wildman–Crippen MR) is 95.1 cm³/mol. The van der Waals surface area contributed by atoms with E-state index in [4.69, 9.17) is 4.74 Å². The van der Waals surface area contributed by atoms with Crippen LogP contribution >= 0.6 is 0 Å². The number of carbonyl (C=O) groups is 2. The third kappa shape index (κ3) is 3.76. The molecule has 2 aromatic heterocycles. The van der Waals surface area contributed by atoms with Crippen molar-refractivity contribution in [2.24, 2.45) is 5.92 Å². The van der Waals surface area contributed by atoms with Gasteiger partial charge >= 0.3 is 0 Å². The Hall–Kier alpha value is -2.97. The van der Waals surface area contributed by atoms with Gasteiger partial charge in [-0.1, -0.05) is 0 Å². The zero-order chi connectivity index (χ0) is 18.8. The molecule has 2 saturated heterocycles. The third-order valence-corrected chi connectivity index (χ3v) is 5.10. The van der Waals surface area contributed by atoms with Crippen LogP contribution < -0.4 is 4.74 Å². The van der Waals surface area contributed by atoms with E-state index in [0.29, 0.717) is 37.8 Å². The molecule has 2 fully saturated rings. The zero-order valence-corrected chi connectivity index (χ0v) is 15.2. The van der Waals surface area contributed by atoms with Gasteiger partial charge in [-0.3, -0.25) is 9.59 Å². The summed E-state index contributed by atoms with van der Waals surface area (Å²) in [6.07, 6.45) is 5.29. The molecule has 27 heavy (non-hydrogen) atoms. The van der Waals surface area contributed by atoms with Crippen molar-refractivity contribution in [2.45, 2.75) is 25.4 Å². The molecule has 0 bridgehead atoms. The second-order valence-corrected chi connectivity index (χ2v) is 7.00. The number of likely N-dealkylation sites (tertiary alicyclic amines) is 2. The molecule has 0 radical (unpaired) electrons. The highest BCUT2D eigenvalue weighted by Gasteiger charge is 2.36. The van der Waals surface area contributed by atoms with Crippen molar-refractivity contribution in [2.75, 3.05) is 26.7 Å². The van der Waals surface area contributed by atoms with Crippen LogP contribution in [0.5, 0.6) is 5.88 Å². The summed E-state index contributed by atoms with van der Waals surface area (Å²) in [5.41, 5.74) is 0. The summed E-state index contributed by atoms with van der Waals surface area (Å²) >= 11 is 0. The van der Waals surface area contributed by atoms with Gasteiger partial charge in [-0.05, 0) is 12.1 Å². The zero-order valence-electron chi connectivity index (χ0n) is 15.2. The molecular formula is C18H22N6O3. The molecule has 9 nitrogen and oxygen atoms in total. The summed E-state index contributed by atoms with van der Waals surface area (Å²) < 4.78 is 7.54. The van der Waals surface area contributed by atoms with Crippen molar-refractivity contribution in [3.05, 3.63) is 30.6 Å². The lowest BCUT2D eigenvalue weighted by Crippen LogP contribution is -2.44. The molecule has 0 N–H and O–H groups in total. The molecule has 0 aliphatic carbocycles. The van der Waals surface area contributed by atoms with Gasteiger partial charge in [-0.2, -0.15) is 5.10 Å². The standard InChI is InChI=1S/C18H22N6O3/c1-22-12-13(11-17(22)25)18(26)23-9-5-14(6-10-23)27-16-4-3-15(20-21-16)24-8-2-7-19-24/h2-4,7-8,13-14H,5-6,9-12H2,1H3. The smallest absolute Gasteiger partial charge is 0.233 e. The SMILES string of the molecule is CN1CC(C(=O)N2CCC(Oc3ccc(-n4cccn4)nn3)CC2)CC1=O. The van der Waals surface area contributed by atoms with Crippen LogP contribution in [0.1, 0.15) is 19.3 Å². The molecule has 9 heteroatoms. The van der Waals surface area contributed by atoms with Crippen molar-refractivity contribution in [3.8, 4) is 11.7 Å². The van der Waals surface area contributed by atoms with Gasteiger partial charge in [0.25, 0.3) is 0 Å². The fourth-order valence-electron chi connectivity index (χ4n) is 3.55. The molecule has 0 aromatic carbocycles. The maximum absolute atomic E-state index is 12.6. The van der Waals surface area contributed by atoms with Crippen molar-refractivity contribution >= 4 is 11.8 Å². The first-order valence-electron chi connectivity index (χ1n) is 9.13. The van der Waals surface area contributed by atoms with Crippen molar-refractivity contribution in [1.29, 1.82) is 0 Å². The first kappa shape index (κ1) is 17.4. The van der Waals surface area contributed by atoms with E-state index < -0.39 is 0 Å². The second kappa shape index (κ2) is 7.34. The first-order valence-corrected chi connectivity index (χ1v) is 9.13. The number of rotatable bonds is 4. The third-order valence-electron chi connectivity index (χ3n) is 5.10. The normalized spacial score (nSPS) is 20.9. The molecule has 2 aromatic rings. The number of carbonyl (C=O) groups excluding carboxylic acids is 2. The van der Waals surface area contributed by atoms with Gasteiger partial charge in [0.2, 0.25) is 17.7 Å². The molecule has 4 heterocycles. The maximum atomic E-state index is 12.6. The lowest BCUT2D eigenvalue weighted by atomic mass is 10.0. The largest absolute Gasteiger partial charge is 0.473 e. The number of hydrogen-bond acceptors (Lipinski definition) is 6. The summed E-state index contributed by atoms with van der Waals surface area (Å²) in [5.74, 6) is 1.02. The Morgan fingerprint density at radius 2 is 2.04 bits per heavy atom. The molecule has 2 aliphatic rings. The molecule has 1 unspecified atom stereocenters. The number of ether oxygens (including phenoxy) is 1. The van der Waals surface area contributed by atoms with Gasteiger partial charge in [0.1, 0.15) is 6.10 Å². The van der Waals surface area contributed by atoms with E-state index in [-0.39, 0.29) is 23.8 Å². The lowest BCUT2D eigenvalue weighted by Gasteiger charge is -2.33. The number of aromatic nitrogens is 4. The number of hydrogen-bond donors (Lipinski definition) is 0. The van der Waals surface area contributed by atoms with Crippen molar-refractivity contribution in [3.63, 3.8) is 0 Å². The average Bonchev–Trinajstić information content (AvgIpc) is 3.33. The van der Waals surface area contributed by atoms with Crippen LogP contribution in [0.3, 0.4) is 0 Å². The Balaban J connectivity index is 1.28. The number of piperidine rings is 1. The Kier molecular flexibility index (Phi) is 4.74. The van der Waals surface area contributed by atoms with Crippen molar-refractivity contribution < 1.29 is 14.3 Å². The van der Waals surface area contributed by atoms with Crippen LogP contribution in [0.15, 0.2) is 30.6 Å². The summed E-state index contributed by atoms with van der Waals surface area (Å²) in [6, 6.07) is 5.41. The minimum absolute atomic E-state index is 0.00628. The van der Waals surface area contributed by atoms with Crippen LogP contribution in [0.2, 0.25) is 0 Å². The van der Waals surface area contributed by atoms with Crippen LogP contribution in [-0.4, -0.2) is 74.4 Å². The topological polar surface area (TPSA) is 93.4 Å². The van der Waals surface area contributed by atoms with Gasteiger partial charge < -0.3 is 14.5 Å². The summed E-state index contributed by atoms with van der Waals surface area (Å²) in [5, 5.41) is 12.3. The van der Waals surface area contributed by atoms with E-state index in [9.17, 15) is 9.59 Å². The number of nitrogens with zero attached hydrogens (tertiary/aromatic N) is 6. The van der Waals surface area contributed by atoms with E-state index >= 15 is 0 Å². The Morgan fingerprint density at radius 1 is 1.22 bits per heavy atom. The van der Waals surface area contributed by atoms with Crippen LogP contribution in [0.25, 0.3) is 5.82 Å². The fourth-order valence-corrected chi connectivity index (χ4v) is 3.55. The van der Waals surface area contributed by atoms with E-state index in [1.54, 1.807) is 35.1 Å². The summed E-state index contributed by atoms with van der Waals surface area (Å²) in [4.78, 5) is 27.7. The van der Waals surface area contributed by atoms with E-state index in [1.165, 1.54) is 0 Å². The molecule has 2 amide bonds. The first-order chi connectivity index (χ1) is 13.1. The minimum atomic E-state index is -0.208. The van der Waals surface area contributed by atoms with Crippen LogP contribution in [-0.2, 0) is 9.59 Å². The van der Waals surface area contributed by atoms with E-state index in [1.807, 2.05) is 17.0 Å². The van der Waals surface area contributed by atoms with Crippen molar-refractivity contribution in [1.82, 2.24) is 29.8 Å². The molecule has 1 atom stereocenters. The van der Waals surface area contributed by atoms with E-state index in [2.05, 4.69) is 15.3 Å². The van der Waals surface area contributed by atoms with Gasteiger partial charge in [0.15, 0.2) is 5.82 Å². The Bertz CT molecular complexity index is 799. The quantitative estimate of drug-likeness (QED) is 0.779. The molecule has 2 aliphatic heterocycles. The van der Waals surface area contributed by atoms with Crippen LogP contribution in [0.4, 0.5) is 0 Å². The van der Waals surface area contributed by atoms with Gasteiger partial charge in [-0.15, -0.1) is 10.2 Å². The summed E-state index contributed by atoms with van der Waals surface area (Å²) in [6.45, 7) is 1.79. The molecule has 142 valence electrons. The fraction of sp³-hybridized carbons (Fsp3) is 0.500. The lowest BCUT2D eigenvalue weighted by molar-refractivity contribution is -0.137. The second-order valence-electron chi connectivity index (χ2n) is 7.00. The van der Waals surface area contributed by atoms with Crippen LogP contribution in [0, 0.1) is 5.92 Å². The van der Waals surface area contributed by atoms with Gasteiger partial charge in [0, 0.05) is 64.4 Å². The number of amides is 2. The highest BCUT2D eigenvalue weighted by molar-refractivity contribution is 5.89. The highest BCUT2D eigenvalue weighted by atomic mass is 16.5. The predicted octanol–water partition coefficient (Wildman–Crippen LogP) is 0.510.